The van der Waals surface area contributed by atoms with Gasteiger partial charge in [-0.05, 0) is 48.7 Å². The minimum absolute atomic E-state index is 0.0545. The smallest absolute Gasteiger partial charge is 0.416 e. The molecule has 0 aliphatic heterocycles. The van der Waals surface area contributed by atoms with Gasteiger partial charge < -0.3 is 9.84 Å². The number of carbonyl (C=O) groups is 2. The molecule has 5 nitrogen and oxygen atoms in total. The van der Waals surface area contributed by atoms with E-state index in [1.54, 1.807) is 13.8 Å². The summed E-state index contributed by atoms with van der Waals surface area (Å²) in [7, 11) is 1.27. The number of aliphatic carboxylic acids is 1. The van der Waals surface area contributed by atoms with Crippen LogP contribution in [-0.4, -0.2) is 28.7 Å². The number of hydrogen-bond donors (Lipinski definition) is 1. The zero-order valence-electron chi connectivity index (χ0n) is 18.5. The van der Waals surface area contributed by atoms with Gasteiger partial charge in [-0.2, -0.15) is 13.2 Å². The van der Waals surface area contributed by atoms with E-state index in [0.717, 1.165) is 34.9 Å². The second-order valence-corrected chi connectivity index (χ2v) is 7.92. The number of ether oxygens (including phenoxy) is 1. The number of benzene rings is 2. The third kappa shape index (κ3) is 4.31. The van der Waals surface area contributed by atoms with Crippen LogP contribution < -0.4 is 4.74 Å². The Labute approximate surface area is 187 Å². The average molecular weight is 465 g/mol. The van der Waals surface area contributed by atoms with Gasteiger partial charge in [0.05, 0.1) is 24.1 Å². The van der Waals surface area contributed by atoms with Crippen LogP contribution in [0.5, 0.6) is 5.75 Å². The summed E-state index contributed by atoms with van der Waals surface area (Å²) in [5.74, 6) is -3.97. The first-order chi connectivity index (χ1) is 15.4. The summed E-state index contributed by atoms with van der Waals surface area (Å²) in [5, 5.41) is 10.3. The van der Waals surface area contributed by atoms with E-state index in [2.05, 4.69) is 0 Å². The number of methoxy groups -OCH3 is 1. The Hall–Kier alpha value is -3.36. The summed E-state index contributed by atoms with van der Waals surface area (Å²) < 4.78 is 59.5. The Morgan fingerprint density at radius 3 is 2.24 bits per heavy atom. The molecule has 1 unspecified atom stereocenters. The van der Waals surface area contributed by atoms with Gasteiger partial charge in [0.25, 0.3) is 5.91 Å². The van der Waals surface area contributed by atoms with E-state index in [-0.39, 0.29) is 28.4 Å². The molecule has 0 aliphatic rings. The number of aromatic nitrogens is 1. The van der Waals surface area contributed by atoms with Crippen LogP contribution in [0, 0.1) is 18.7 Å². The standard InChI is InChI=1S/C24H23F4NO4/c1-5-12(2)20(23(31)32)21-13(3)29(18-11-17(25)19(33-4)10-16(18)21)22(30)14-6-8-15(9-7-14)24(26,27)28/h6-12,20H,5H2,1-4H3,(H,31,32)/t12?,20-/m1/s1. The number of alkyl halides is 3. The van der Waals surface area contributed by atoms with Gasteiger partial charge in [0.1, 0.15) is 0 Å². The summed E-state index contributed by atoms with van der Waals surface area (Å²) >= 11 is 0. The molecule has 0 radical (unpaired) electrons. The Morgan fingerprint density at radius 2 is 1.76 bits per heavy atom. The molecule has 3 rings (SSSR count). The van der Waals surface area contributed by atoms with Gasteiger partial charge in [-0.3, -0.25) is 14.2 Å². The van der Waals surface area contributed by atoms with Crippen molar-refractivity contribution in [1.29, 1.82) is 0 Å². The molecule has 1 heterocycles. The van der Waals surface area contributed by atoms with E-state index in [0.29, 0.717) is 17.4 Å². The molecule has 0 bridgehead atoms. The third-order valence-corrected chi connectivity index (χ3v) is 5.98. The molecule has 1 N–H and O–H groups in total. The Bertz CT molecular complexity index is 1210. The van der Waals surface area contributed by atoms with E-state index < -0.39 is 35.4 Å². The van der Waals surface area contributed by atoms with Gasteiger partial charge in [0.2, 0.25) is 0 Å². The number of halogens is 4. The number of carbonyl (C=O) groups excluding carboxylic acids is 1. The maximum Gasteiger partial charge on any atom is 0.416 e. The molecular formula is C24H23F4NO4. The van der Waals surface area contributed by atoms with Crippen molar-refractivity contribution in [3.63, 3.8) is 0 Å². The zero-order valence-corrected chi connectivity index (χ0v) is 18.5. The molecule has 0 saturated carbocycles. The first kappa shape index (κ1) is 24.3. The van der Waals surface area contributed by atoms with Crippen LogP contribution in [0.15, 0.2) is 36.4 Å². The fraction of sp³-hybridized carbons (Fsp3) is 0.333. The summed E-state index contributed by atoms with van der Waals surface area (Å²) in [6, 6.07) is 6.08. The highest BCUT2D eigenvalue weighted by atomic mass is 19.4. The number of carboxylic acid groups (broad SMARTS) is 1. The van der Waals surface area contributed by atoms with E-state index in [1.165, 1.54) is 13.2 Å². The van der Waals surface area contributed by atoms with Crippen LogP contribution in [0.25, 0.3) is 10.9 Å². The number of nitrogens with zero attached hydrogens (tertiary/aromatic N) is 1. The van der Waals surface area contributed by atoms with Crippen molar-refractivity contribution in [2.75, 3.05) is 7.11 Å². The number of carboxylic acids is 1. The molecule has 3 aromatic rings. The van der Waals surface area contributed by atoms with E-state index in [9.17, 15) is 32.3 Å². The second-order valence-electron chi connectivity index (χ2n) is 7.92. The first-order valence-electron chi connectivity index (χ1n) is 10.3. The average Bonchev–Trinajstić information content (AvgIpc) is 3.02. The maximum absolute atomic E-state index is 14.6. The predicted molar refractivity (Wildman–Crippen MR) is 114 cm³/mol. The highest BCUT2D eigenvalue weighted by molar-refractivity contribution is 6.05. The first-order valence-corrected chi connectivity index (χ1v) is 10.3. The lowest BCUT2D eigenvalue weighted by Crippen LogP contribution is -2.21. The molecule has 0 amide bonds. The van der Waals surface area contributed by atoms with Gasteiger partial charge in [-0.1, -0.05) is 20.3 Å². The quantitative estimate of drug-likeness (QED) is 0.452. The molecule has 2 aromatic carbocycles. The highest BCUT2D eigenvalue weighted by Crippen LogP contribution is 2.40. The highest BCUT2D eigenvalue weighted by Gasteiger charge is 2.34. The number of hydrogen-bond acceptors (Lipinski definition) is 3. The molecule has 0 aliphatic carbocycles. The summed E-state index contributed by atoms with van der Waals surface area (Å²) in [6.45, 7) is 5.14. The monoisotopic (exact) mass is 465 g/mol. The minimum atomic E-state index is -4.56. The van der Waals surface area contributed by atoms with Crippen molar-refractivity contribution < 1.29 is 37.0 Å². The van der Waals surface area contributed by atoms with E-state index >= 15 is 0 Å². The molecule has 9 heteroatoms. The fourth-order valence-electron chi connectivity index (χ4n) is 4.07. The predicted octanol–water partition coefficient (Wildman–Crippen LogP) is 6.02. The lowest BCUT2D eigenvalue weighted by atomic mass is 9.84. The normalized spacial score (nSPS) is 13.7. The lowest BCUT2D eigenvalue weighted by molar-refractivity contribution is -0.140. The van der Waals surface area contributed by atoms with Gasteiger partial charge >= 0.3 is 12.1 Å². The van der Waals surface area contributed by atoms with E-state index in [1.807, 2.05) is 6.92 Å². The summed E-state index contributed by atoms with van der Waals surface area (Å²) in [6.07, 6.45) is -4.02. The van der Waals surface area contributed by atoms with Crippen molar-refractivity contribution in [1.82, 2.24) is 4.57 Å². The van der Waals surface area contributed by atoms with Crippen molar-refractivity contribution in [2.45, 2.75) is 39.3 Å². The Balaban J connectivity index is 2.30. The van der Waals surface area contributed by atoms with Crippen molar-refractivity contribution >= 4 is 22.8 Å². The number of rotatable bonds is 6. The van der Waals surface area contributed by atoms with Crippen LogP contribution in [0.1, 0.15) is 53.4 Å². The van der Waals surface area contributed by atoms with Crippen LogP contribution >= 0.6 is 0 Å². The summed E-state index contributed by atoms with van der Waals surface area (Å²) in [4.78, 5) is 25.5. The molecule has 2 atom stereocenters. The topological polar surface area (TPSA) is 68.5 Å². The van der Waals surface area contributed by atoms with Crippen LogP contribution in [0.2, 0.25) is 0 Å². The molecule has 0 saturated heterocycles. The fourth-order valence-corrected chi connectivity index (χ4v) is 4.07. The molecule has 1 aromatic heterocycles. The molecule has 33 heavy (non-hydrogen) atoms. The Kier molecular flexibility index (Phi) is 6.53. The molecular weight excluding hydrogens is 442 g/mol. The minimum Gasteiger partial charge on any atom is -0.494 e. The van der Waals surface area contributed by atoms with Gasteiger partial charge in [-0.25, -0.2) is 4.39 Å². The van der Waals surface area contributed by atoms with E-state index in [4.69, 9.17) is 4.74 Å². The molecule has 0 spiro atoms. The zero-order chi connectivity index (χ0) is 24.7. The van der Waals surface area contributed by atoms with Crippen LogP contribution in [0.3, 0.4) is 0 Å². The number of fused-ring (bicyclic) bond motifs is 1. The van der Waals surface area contributed by atoms with Crippen molar-refractivity contribution in [3.05, 3.63) is 64.6 Å². The maximum atomic E-state index is 14.6. The van der Waals surface area contributed by atoms with Gasteiger partial charge in [-0.15, -0.1) is 0 Å². The summed E-state index contributed by atoms with van der Waals surface area (Å²) in [5.41, 5.74) is -0.241. The molecule has 0 fully saturated rings. The Morgan fingerprint density at radius 1 is 1.15 bits per heavy atom. The lowest BCUT2D eigenvalue weighted by Gasteiger charge is -2.20. The second kappa shape index (κ2) is 8.88. The van der Waals surface area contributed by atoms with Crippen molar-refractivity contribution in [2.24, 2.45) is 5.92 Å². The van der Waals surface area contributed by atoms with Crippen LogP contribution in [0.4, 0.5) is 17.6 Å². The largest absolute Gasteiger partial charge is 0.494 e. The SMILES string of the molecule is CCC(C)[C@@H](C(=O)O)c1c(C)n(C(=O)c2ccc(C(F)(F)F)cc2)c2cc(F)c(OC)cc12. The third-order valence-electron chi connectivity index (χ3n) is 5.98. The van der Waals surface area contributed by atoms with Crippen molar-refractivity contribution in [3.8, 4) is 5.75 Å². The molecule has 176 valence electrons. The van der Waals surface area contributed by atoms with Gasteiger partial charge in [0.15, 0.2) is 11.6 Å². The van der Waals surface area contributed by atoms with Crippen LogP contribution in [-0.2, 0) is 11.0 Å². The van der Waals surface area contributed by atoms with Gasteiger partial charge in [0, 0.05) is 22.7 Å².